The van der Waals surface area contributed by atoms with E-state index in [0.29, 0.717) is 0 Å². The number of hydrogen-bond acceptors (Lipinski definition) is 6. The van der Waals surface area contributed by atoms with Crippen molar-refractivity contribution in [2.75, 3.05) is 6.61 Å². The molecule has 0 rings (SSSR count). The van der Waals surface area contributed by atoms with Crippen molar-refractivity contribution in [3.05, 3.63) is 0 Å². The molecule has 0 fully saturated rings. The average Bonchev–Trinajstić information content (AvgIpc) is 2.26. The van der Waals surface area contributed by atoms with Crippen LogP contribution in [-0.4, -0.2) is 62.3 Å². The maximum Gasteiger partial charge on any atom is 0.335 e. The Balaban J connectivity index is 0. The normalized spacial score (nSPS) is 15.3. The third-order valence-corrected chi connectivity index (χ3v) is 1.56. The fourth-order valence-corrected chi connectivity index (χ4v) is 0.399. The van der Waals surface area contributed by atoms with E-state index in [1.807, 2.05) is 6.92 Å². The smallest absolute Gasteiger partial charge is 0.335 e. The number of carbonyl (C=O) groups is 2. The fourth-order valence-electron chi connectivity index (χ4n) is 0.399. The predicted molar refractivity (Wildman–Crippen MR) is 52.6 cm³/mol. The van der Waals surface area contributed by atoms with Crippen LogP contribution in [0.1, 0.15) is 13.3 Å². The molecule has 0 bridgehead atoms. The van der Waals surface area contributed by atoms with Gasteiger partial charge in [-0.3, -0.25) is 0 Å². The number of aliphatic hydroxyl groups is 3. The maximum atomic E-state index is 9.77. The number of carboxylic acids is 2. The Morgan fingerprint density at radius 3 is 1.50 bits per heavy atom. The molecule has 96 valence electrons. The molecule has 16 heavy (non-hydrogen) atoms. The van der Waals surface area contributed by atoms with Gasteiger partial charge in [0.1, 0.15) is 0 Å². The molecule has 0 aromatic carbocycles. The summed E-state index contributed by atoms with van der Waals surface area (Å²) >= 11 is 0. The lowest BCUT2D eigenvalue weighted by molar-refractivity contribution is -0.165. The van der Waals surface area contributed by atoms with E-state index >= 15 is 0 Å². The Bertz CT molecular complexity index is 198. The van der Waals surface area contributed by atoms with Crippen LogP contribution < -0.4 is 5.73 Å². The molecule has 0 radical (unpaired) electrons. The van der Waals surface area contributed by atoms with Gasteiger partial charge >= 0.3 is 11.9 Å². The molecule has 0 saturated carbocycles. The SMILES string of the molecule is CCC(N)CO.O=C(O)C(O)C(O)C(=O)O. The Kier molecular flexibility index (Phi) is 9.71. The van der Waals surface area contributed by atoms with Gasteiger partial charge in [0.25, 0.3) is 0 Å². The van der Waals surface area contributed by atoms with Crippen molar-refractivity contribution in [1.29, 1.82) is 0 Å². The minimum absolute atomic E-state index is 0.00926. The van der Waals surface area contributed by atoms with Crippen molar-refractivity contribution in [3.63, 3.8) is 0 Å². The molecule has 8 nitrogen and oxygen atoms in total. The van der Waals surface area contributed by atoms with Gasteiger partial charge in [-0.2, -0.15) is 0 Å². The Morgan fingerprint density at radius 1 is 1.12 bits per heavy atom. The van der Waals surface area contributed by atoms with Crippen LogP contribution in [0.3, 0.4) is 0 Å². The summed E-state index contributed by atoms with van der Waals surface area (Å²) in [5, 5.41) is 40.7. The number of nitrogens with two attached hydrogens (primary N) is 1. The van der Waals surface area contributed by atoms with Crippen molar-refractivity contribution in [1.82, 2.24) is 0 Å². The van der Waals surface area contributed by atoms with Crippen LogP contribution in [0.5, 0.6) is 0 Å². The van der Waals surface area contributed by atoms with Gasteiger partial charge in [-0.05, 0) is 6.42 Å². The van der Waals surface area contributed by atoms with Gasteiger partial charge in [0.2, 0.25) is 0 Å². The zero-order valence-corrected chi connectivity index (χ0v) is 8.78. The zero-order chi connectivity index (χ0) is 13.3. The topological polar surface area (TPSA) is 161 Å². The molecular weight excluding hydrogens is 222 g/mol. The van der Waals surface area contributed by atoms with E-state index in [9.17, 15) is 9.59 Å². The molecule has 0 amide bonds. The quantitative estimate of drug-likeness (QED) is 0.309. The highest BCUT2D eigenvalue weighted by Gasteiger charge is 2.29. The molecule has 0 aliphatic heterocycles. The van der Waals surface area contributed by atoms with Gasteiger partial charge in [0.15, 0.2) is 12.2 Å². The highest BCUT2D eigenvalue weighted by atomic mass is 16.4. The van der Waals surface area contributed by atoms with Crippen molar-refractivity contribution < 1.29 is 35.1 Å². The monoisotopic (exact) mass is 239 g/mol. The lowest BCUT2D eigenvalue weighted by atomic mass is 10.2. The molecule has 0 saturated heterocycles. The molecule has 3 unspecified atom stereocenters. The minimum Gasteiger partial charge on any atom is -0.479 e. The third kappa shape index (κ3) is 8.12. The third-order valence-electron chi connectivity index (χ3n) is 1.56. The summed E-state index contributed by atoms with van der Waals surface area (Å²) < 4.78 is 0. The van der Waals surface area contributed by atoms with E-state index in [1.165, 1.54) is 0 Å². The second-order valence-corrected chi connectivity index (χ2v) is 2.92. The maximum absolute atomic E-state index is 9.77. The van der Waals surface area contributed by atoms with Crippen LogP contribution in [0.25, 0.3) is 0 Å². The summed E-state index contributed by atoms with van der Waals surface area (Å²) in [7, 11) is 0. The van der Waals surface area contributed by atoms with E-state index in [2.05, 4.69) is 0 Å². The molecule has 0 aromatic heterocycles. The fraction of sp³-hybridized carbons (Fsp3) is 0.750. The highest BCUT2D eigenvalue weighted by Crippen LogP contribution is 1.92. The van der Waals surface area contributed by atoms with Gasteiger partial charge in [-0.1, -0.05) is 6.92 Å². The first-order valence-electron chi connectivity index (χ1n) is 4.46. The molecule has 3 atom stereocenters. The van der Waals surface area contributed by atoms with Gasteiger partial charge in [-0.25, -0.2) is 9.59 Å². The number of aliphatic hydroxyl groups excluding tert-OH is 3. The Hall–Kier alpha value is -1.22. The highest BCUT2D eigenvalue weighted by molar-refractivity contribution is 5.83. The summed E-state index contributed by atoms with van der Waals surface area (Å²) in [4.78, 5) is 19.5. The number of aliphatic carboxylic acids is 2. The summed E-state index contributed by atoms with van der Waals surface area (Å²) in [6.07, 6.45) is -3.67. The first-order valence-corrected chi connectivity index (χ1v) is 4.46. The van der Waals surface area contributed by atoms with Crippen LogP contribution in [0.15, 0.2) is 0 Å². The van der Waals surface area contributed by atoms with E-state index in [1.54, 1.807) is 0 Å². The Morgan fingerprint density at radius 2 is 1.44 bits per heavy atom. The second kappa shape index (κ2) is 9.04. The largest absolute Gasteiger partial charge is 0.479 e. The van der Waals surface area contributed by atoms with E-state index in [-0.39, 0.29) is 12.6 Å². The number of hydrogen-bond donors (Lipinski definition) is 6. The molecule has 0 aliphatic rings. The van der Waals surface area contributed by atoms with Crippen LogP contribution in [0, 0.1) is 0 Å². The lowest BCUT2D eigenvalue weighted by Crippen LogP contribution is -2.39. The summed E-state index contributed by atoms with van der Waals surface area (Å²) in [5.74, 6) is -3.54. The standard InChI is InChI=1S/C4H11NO.C4H6O6/c1-2-4(5)3-6;5-1(3(7)8)2(6)4(9)10/h4,6H,2-3,5H2,1H3;1-2,5-6H,(H,7,8)(H,9,10). The number of rotatable bonds is 5. The van der Waals surface area contributed by atoms with Crippen LogP contribution in [0.4, 0.5) is 0 Å². The van der Waals surface area contributed by atoms with E-state index in [0.717, 1.165) is 6.42 Å². The van der Waals surface area contributed by atoms with Crippen molar-refractivity contribution in [3.8, 4) is 0 Å². The van der Waals surface area contributed by atoms with Crippen molar-refractivity contribution in [2.24, 2.45) is 5.73 Å². The predicted octanol–water partition coefficient (Wildman–Crippen LogP) is -2.41. The van der Waals surface area contributed by atoms with Gasteiger partial charge < -0.3 is 31.3 Å². The average molecular weight is 239 g/mol. The molecule has 7 N–H and O–H groups in total. The summed E-state index contributed by atoms with van der Waals surface area (Å²) in [6, 6.07) is -0.00926. The van der Waals surface area contributed by atoms with Crippen LogP contribution in [0.2, 0.25) is 0 Å². The molecule has 0 aromatic rings. The molecule has 0 spiro atoms. The lowest BCUT2D eigenvalue weighted by Gasteiger charge is -2.07. The molecular formula is C8H17NO7. The van der Waals surface area contributed by atoms with Gasteiger partial charge in [-0.15, -0.1) is 0 Å². The Labute approximate surface area is 91.9 Å². The van der Waals surface area contributed by atoms with Gasteiger partial charge in [0, 0.05) is 6.04 Å². The zero-order valence-electron chi connectivity index (χ0n) is 8.78. The first kappa shape index (κ1) is 17.2. The summed E-state index contributed by atoms with van der Waals surface area (Å²) in [6.45, 7) is 2.05. The van der Waals surface area contributed by atoms with E-state index in [4.69, 9.17) is 31.3 Å². The van der Waals surface area contributed by atoms with Crippen LogP contribution in [-0.2, 0) is 9.59 Å². The molecule has 0 aliphatic carbocycles. The minimum atomic E-state index is -2.27. The van der Waals surface area contributed by atoms with E-state index < -0.39 is 24.1 Å². The summed E-state index contributed by atoms with van der Waals surface area (Å²) in [5.41, 5.74) is 5.22. The molecule has 0 heterocycles. The van der Waals surface area contributed by atoms with Gasteiger partial charge in [0.05, 0.1) is 6.61 Å². The van der Waals surface area contributed by atoms with Crippen molar-refractivity contribution >= 4 is 11.9 Å². The second-order valence-electron chi connectivity index (χ2n) is 2.92. The first-order chi connectivity index (χ1) is 7.27. The number of carboxylic acid groups (broad SMARTS) is 2. The van der Waals surface area contributed by atoms with Crippen molar-refractivity contribution in [2.45, 2.75) is 31.6 Å². The molecule has 8 heteroatoms. The van der Waals surface area contributed by atoms with Crippen LogP contribution >= 0.6 is 0 Å².